The summed E-state index contributed by atoms with van der Waals surface area (Å²) >= 11 is 0. The number of benzene rings is 2. The van der Waals surface area contributed by atoms with Crippen LogP contribution in [0.1, 0.15) is 26.7 Å². The molecule has 2 rings (SSSR count). The van der Waals surface area contributed by atoms with Crippen molar-refractivity contribution < 1.29 is 14.4 Å². The number of nitrogens with two attached hydrogens (primary N) is 3. The van der Waals surface area contributed by atoms with Crippen molar-refractivity contribution in [3.63, 3.8) is 0 Å². The molecule has 0 aliphatic rings. The third-order valence-electron chi connectivity index (χ3n) is 5.06. The SMILES string of the molecule is CC(C)[C@H](N)C(=O)NCC(=O)N[C@@H](CCCN=C(N)N)C(=O)Nc1ccc2ccccc2c1. The van der Waals surface area contributed by atoms with Gasteiger partial charge in [-0.25, -0.2) is 0 Å². The third-order valence-corrected chi connectivity index (χ3v) is 5.06. The number of carbonyl (C=O) groups excluding carboxylic acids is 3. The summed E-state index contributed by atoms with van der Waals surface area (Å²) in [6.07, 6.45) is 0.778. The van der Waals surface area contributed by atoms with Crippen molar-refractivity contribution in [2.45, 2.75) is 38.8 Å². The molecule has 0 fully saturated rings. The molecule has 2 aromatic rings. The van der Waals surface area contributed by atoms with E-state index in [2.05, 4.69) is 20.9 Å². The van der Waals surface area contributed by atoms with E-state index in [1.165, 1.54) is 0 Å². The summed E-state index contributed by atoms with van der Waals surface area (Å²) in [7, 11) is 0. The number of amides is 3. The summed E-state index contributed by atoms with van der Waals surface area (Å²) in [5, 5.41) is 10.0. The molecule has 0 aromatic heterocycles. The Morgan fingerprint density at radius 2 is 1.70 bits per heavy atom. The van der Waals surface area contributed by atoms with E-state index in [1.807, 2.05) is 50.2 Å². The second-order valence-corrected chi connectivity index (χ2v) is 8.11. The molecular weight excluding hydrogens is 422 g/mol. The zero-order valence-corrected chi connectivity index (χ0v) is 19.0. The Kier molecular flexibility index (Phi) is 9.62. The molecule has 0 unspecified atom stereocenters. The van der Waals surface area contributed by atoms with Gasteiger partial charge in [0.1, 0.15) is 6.04 Å². The van der Waals surface area contributed by atoms with Crippen LogP contribution in [-0.4, -0.2) is 48.9 Å². The highest BCUT2D eigenvalue weighted by Crippen LogP contribution is 2.19. The molecule has 2 aromatic carbocycles. The predicted molar refractivity (Wildman–Crippen MR) is 130 cm³/mol. The molecule has 2 atom stereocenters. The van der Waals surface area contributed by atoms with E-state index in [1.54, 1.807) is 6.07 Å². The monoisotopic (exact) mass is 455 g/mol. The van der Waals surface area contributed by atoms with Gasteiger partial charge in [-0.2, -0.15) is 0 Å². The van der Waals surface area contributed by atoms with Gasteiger partial charge in [-0.1, -0.05) is 44.2 Å². The Morgan fingerprint density at radius 1 is 1.00 bits per heavy atom. The van der Waals surface area contributed by atoms with Crippen LogP contribution in [0.4, 0.5) is 5.69 Å². The number of hydrogen-bond donors (Lipinski definition) is 6. The van der Waals surface area contributed by atoms with Crippen LogP contribution >= 0.6 is 0 Å². The predicted octanol–water partition coefficient (Wildman–Crippen LogP) is 0.416. The number of rotatable bonds is 11. The number of nitrogens with one attached hydrogen (secondary N) is 3. The van der Waals surface area contributed by atoms with Crippen LogP contribution in [0.2, 0.25) is 0 Å². The Morgan fingerprint density at radius 3 is 2.36 bits per heavy atom. The van der Waals surface area contributed by atoms with Gasteiger partial charge in [0.25, 0.3) is 0 Å². The number of hydrogen-bond acceptors (Lipinski definition) is 5. The normalized spacial score (nSPS) is 12.6. The van der Waals surface area contributed by atoms with E-state index in [9.17, 15) is 14.4 Å². The average molecular weight is 456 g/mol. The molecule has 0 aliphatic heterocycles. The number of aliphatic imine (C=N–C) groups is 1. The zero-order chi connectivity index (χ0) is 24.4. The van der Waals surface area contributed by atoms with Crippen molar-refractivity contribution in [1.29, 1.82) is 0 Å². The number of nitrogens with zero attached hydrogens (tertiary/aromatic N) is 1. The summed E-state index contributed by atoms with van der Waals surface area (Å²) in [5.74, 6) is -1.41. The van der Waals surface area contributed by atoms with Gasteiger partial charge < -0.3 is 33.2 Å². The van der Waals surface area contributed by atoms with Crippen LogP contribution in [0, 0.1) is 5.92 Å². The van der Waals surface area contributed by atoms with Crippen LogP contribution in [0.25, 0.3) is 10.8 Å². The van der Waals surface area contributed by atoms with Gasteiger partial charge in [-0.3, -0.25) is 19.4 Å². The first kappa shape index (κ1) is 25.6. The molecule has 0 bridgehead atoms. The van der Waals surface area contributed by atoms with E-state index in [0.29, 0.717) is 25.1 Å². The van der Waals surface area contributed by atoms with Gasteiger partial charge in [0.05, 0.1) is 12.6 Å². The first-order chi connectivity index (χ1) is 15.7. The number of guanidine groups is 1. The van der Waals surface area contributed by atoms with Gasteiger partial charge in [-0.05, 0) is 41.7 Å². The lowest BCUT2D eigenvalue weighted by molar-refractivity contribution is -0.129. The highest BCUT2D eigenvalue weighted by molar-refractivity contribution is 5.99. The topological polar surface area (TPSA) is 178 Å². The van der Waals surface area contributed by atoms with Crippen molar-refractivity contribution in [3.8, 4) is 0 Å². The molecule has 3 amide bonds. The van der Waals surface area contributed by atoms with Crippen molar-refractivity contribution >= 4 is 40.1 Å². The molecule has 0 heterocycles. The Balaban J connectivity index is 2.02. The maximum absolute atomic E-state index is 12.9. The molecule has 0 spiro atoms. The fourth-order valence-corrected chi connectivity index (χ4v) is 3.10. The summed E-state index contributed by atoms with van der Waals surface area (Å²) in [5.41, 5.74) is 17.1. The number of anilines is 1. The minimum atomic E-state index is -0.839. The lowest BCUT2D eigenvalue weighted by atomic mass is 10.1. The first-order valence-corrected chi connectivity index (χ1v) is 10.8. The average Bonchev–Trinajstić information content (AvgIpc) is 2.78. The molecule has 0 radical (unpaired) electrons. The van der Waals surface area contributed by atoms with E-state index >= 15 is 0 Å². The molecule has 10 heteroatoms. The Labute approximate surface area is 193 Å². The molecule has 178 valence electrons. The largest absolute Gasteiger partial charge is 0.370 e. The molecular formula is C23H33N7O3. The molecule has 9 N–H and O–H groups in total. The fourth-order valence-electron chi connectivity index (χ4n) is 3.10. The van der Waals surface area contributed by atoms with Gasteiger partial charge >= 0.3 is 0 Å². The van der Waals surface area contributed by atoms with Crippen LogP contribution < -0.4 is 33.2 Å². The zero-order valence-electron chi connectivity index (χ0n) is 19.0. The lowest BCUT2D eigenvalue weighted by Crippen LogP contribution is -2.50. The molecule has 0 saturated carbocycles. The van der Waals surface area contributed by atoms with Gasteiger partial charge in [0.2, 0.25) is 17.7 Å². The quantitative estimate of drug-likeness (QED) is 0.162. The van der Waals surface area contributed by atoms with Crippen molar-refractivity contribution in [3.05, 3.63) is 42.5 Å². The van der Waals surface area contributed by atoms with Crippen molar-refractivity contribution in [2.24, 2.45) is 28.1 Å². The van der Waals surface area contributed by atoms with E-state index in [-0.39, 0.29) is 24.3 Å². The summed E-state index contributed by atoms with van der Waals surface area (Å²) in [6, 6.07) is 11.8. The first-order valence-electron chi connectivity index (χ1n) is 10.8. The van der Waals surface area contributed by atoms with Crippen LogP contribution in [0.5, 0.6) is 0 Å². The second kappa shape index (κ2) is 12.4. The molecule has 10 nitrogen and oxygen atoms in total. The Bertz CT molecular complexity index is 1000. The summed E-state index contributed by atoms with van der Waals surface area (Å²) in [4.78, 5) is 41.2. The third kappa shape index (κ3) is 8.41. The maximum Gasteiger partial charge on any atom is 0.246 e. The molecule has 33 heavy (non-hydrogen) atoms. The van der Waals surface area contributed by atoms with Gasteiger partial charge in [0.15, 0.2) is 5.96 Å². The summed E-state index contributed by atoms with van der Waals surface area (Å²) < 4.78 is 0. The fraction of sp³-hybridized carbons (Fsp3) is 0.391. The van der Waals surface area contributed by atoms with Crippen LogP contribution in [0.3, 0.4) is 0 Å². The second-order valence-electron chi connectivity index (χ2n) is 8.11. The minimum absolute atomic E-state index is 0.0413. The number of carbonyl (C=O) groups is 3. The van der Waals surface area contributed by atoms with E-state index in [4.69, 9.17) is 17.2 Å². The smallest absolute Gasteiger partial charge is 0.246 e. The molecule has 0 aliphatic carbocycles. The maximum atomic E-state index is 12.9. The van der Waals surface area contributed by atoms with Gasteiger partial charge in [0, 0.05) is 12.2 Å². The highest BCUT2D eigenvalue weighted by Gasteiger charge is 2.22. The van der Waals surface area contributed by atoms with E-state index < -0.39 is 23.9 Å². The Hall–Kier alpha value is -3.66. The molecule has 0 saturated heterocycles. The van der Waals surface area contributed by atoms with Gasteiger partial charge in [-0.15, -0.1) is 0 Å². The highest BCUT2D eigenvalue weighted by atomic mass is 16.2. The standard InChI is InChI=1S/C23H33N7O3/c1-14(2)20(24)22(33)28-13-19(31)30-18(8-5-11-27-23(25)26)21(32)29-17-10-9-15-6-3-4-7-16(15)12-17/h3-4,6-7,9-10,12,14,18,20H,5,8,11,13,24H2,1-2H3,(H,28,33)(H,29,32)(H,30,31)(H4,25,26,27)/t18-,20-/m0/s1. The van der Waals surface area contributed by atoms with E-state index in [0.717, 1.165) is 10.8 Å². The van der Waals surface area contributed by atoms with Crippen molar-refractivity contribution in [2.75, 3.05) is 18.4 Å². The van der Waals surface area contributed by atoms with Crippen LogP contribution in [-0.2, 0) is 14.4 Å². The van der Waals surface area contributed by atoms with Crippen molar-refractivity contribution in [1.82, 2.24) is 10.6 Å². The summed E-state index contributed by atoms with van der Waals surface area (Å²) in [6.45, 7) is 3.66. The van der Waals surface area contributed by atoms with Crippen LogP contribution in [0.15, 0.2) is 47.5 Å². The number of fused-ring (bicyclic) bond motifs is 1. The lowest BCUT2D eigenvalue weighted by Gasteiger charge is -2.19. The minimum Gasteiger partial charge on any atom is -0.370 e.